The smallest absolute Gasteiger partial charge is 0.309 e. The van der Waals surface area contributed by atoms with E-state index in [9.17, 15) is 9.18 Å². The van der Waals surface area contributed by atoms with Gasteiger partial charge in [0.1, 0.15) is 12.0 Å². The van der Waals surface area contributed by atoms with Crippen LogP contribution in [0.25, 0.3) is 0 Å². The fourth-order valence-electron chi connectivity index (χ4n) is 2.02. The summed E-state index contributed by atoms with van der Waals surface area (Å²) < 4.78 is 14.9. The van der Waals surface area contributed by atoms with Crippen LogP contribution in [0.5, 0.6) is 0 Å². The Hall–Kier alpha value is -1.39. The number of hydrogen-bond donors (Lipinski definition) is 1. The molecule has 15 heavy (non-hydrogen) atoms. The van der Waals surface area contributed by atoms with Crippen molar-refractivity contribution in [2.24, 2.45) is 0 Å². The normalized spacial score (nSPS) is 20.0. The maximum atomic E-state index is 13.2. The number of carboxylic acids is 1. The molecular formula is C10H13FN2O2. The third kappa shape index (κ3) is 1.86. The second-order valence-electron chi connectivity index (χ2n) is 3.88. The standard InChI is InChI=1S/C10H13FN2O2/c1-6-8(4-10(14)15)13-5-7(11)2-3-9(13)12-6/h7H,2-5H2,1H3,(H,14,15). The number of alkyl halides is 1. The van der Waals surface area contributed by atoms with E-state index in [0.717, 1.165) is 5.82 Å². The molecule has 1 N–H and O–H groups in total. The van der Waals surface area contributed by atoms with Gasteiger partial charge in [0.25, 0.3) is 0 Å². The highest BCUT2D eigenvalue weighted by Gasteiger charge is 2.23. The van der Waals surface area contributed by atoms with Crippen LogP contribution >= 0.6 is 0 Å². The van der Waals surface area contributed by atoms with Crippen molar-refractivity contribution in [2.45, 2.75) is 38.9 Å². The number of halogens is 1. The number of carboxylic acid groups (broad SMARTS) is 1. The van der Waals surface area contributed by atoms with Gasteiger partial charge in [-0.3, -0.25) is 4.79 Å². The molecule has 1 unspecified atom stereocenters. The highest BCUT2D eigenvalue weighted by Crippen LogP contribution is 2.21. The lowest BCUT2D eigenvalue weighted by molar-refractivity contribution is -0.136. The Balaban J connectivity index is 2.37. The average Bonchev–Trinajstić information content (AvgIpc) is 2.43. The molecule has 0 amide bonds. The maximum Gasteiger partial charge on any atom is 0.309 e. The number of carbonyl (C=O) groups is 1. The van der Waals surface area contributed by atoms with E-state index >= 15 is 0 Å². The van der Waals surface area contributed by atoms with Crippen LogP contribution in [0.2, 0.25) is 0 Å². The molecule has 2 rings (SSSR count). The van der Waals surface area contributed by atoms with Gasteiger partial charge in [-0.1, -0.05) is 0 Å². The molecule has 0 bridgehead atoms. The lowest BCUT2D eigenvalue weighted by Gasteiger charge is -2.19. The predicted octanol–water partition coefficient (Wildman–Crippen LogP) is 1.10. The summed E-state index contributed by atoms with van der Waals surface area (Å²) in [5.41, 5.74) is 1.35. The van der Waals surface area contributed by atoms with E-state index in [1.54, 1.807) is 11.5 Å². The average molecular weight is 212 g/mol. The predicted molar refractivity (Wildman–Crippen MR) is 51.5 cm³/mol. The number of aromatic nitrogens is 2. The zero-order valence-electron chi connectivity index (χ0n) is 8.53. The number of rotatable bonds is 2. The lowest BCUT2D eigenvalue weighted by atomic mass is 10.1. The largest absolute Gasteiger partial charge is 0.481 e. The summed E-state index contributed by atoms with van der Waals surface area (Å²) in [6.45, 7) is 2.02. The van der Waals surface area contributed by atoms with Gasteiger partial charge in [0.05, 0.1) is 24.4 Å². The third-order valence-electron chi connectivity index (χ3n) is 2.73. The molecule has 1 aliphatic rings. The first kappa shape index (κ1) is 10.1. The van der Waals surface area contributed by atoms with Gasteiger partial charge in [0.2, 0.25) is 0 Å². The number of imidazole rings is 1. The highest BCUT2D eigenvalue weighted by atomic mass is 19.1. The fraction of sp³-hybridized carbons (Fsp3) is 0.600. The van der Waals surface area contributed by atoms with Gasteiger partial charge in [0, 0.05) is 6.42 Å². The summed E-state index contributed by atoms with van der Waals surface area (Å²) in [6.07, 6.45) is 0.134. The molecule has 0 saturated carbocycles. The Kier molecular flexibility index (Phi) is 2.46. The van der Waals surface area contributed by atoms with Crippen LogP contribution in [-0.2, 0) is 24.2 Å². The first-order valence-corrected chi connectivity index (χ1v) is 4.98. The van der Waals surface area contributed by atoms with Crippen molar-refractivity contribution in [1.82, 2.24) is 9.55 Å². The first-order valence-electron chi connectivity index (χ1n) is 4.98. The SMILES string of the molecule is Cc1nc2n(c1CC(=O)O)CC(F)CC2. The second kappa shape index (κ2) is 3.64. The summed E-state index contributed by atoms with van der Waals surface area (Å²) in [5.74, 6) is -0.0839. The Bertz CT molecular complexity index is 400. The highest BCUT2D eigenvalue weighted by molar-refractivity contribution is 5.70. The van der Waals surface area contributed by atoms with Crippen molar-refractivity contribution in [3.05, 3.63) is 17.2 Å². The minimum atomic E-state index is -0.901. The molecule has 0 saturated heterocycles. The fourth-order valence-corrected chi connectivity index (χ4v) is 2.02. The Morgan fingerprint density at radius 3 is 3.13 bits per heavy atom. The minimum absolute atomic E-state index is 0.0778. The van der Waals surface area contributed by atoms with Crippen LogP contribution in [0.15, 0.2) is 0 Å². The Morgan fingerprint density at radius 2 is 2.47 bits per heavy atom. The van der Waals surface area contributed by atoms with Gasteiger partial charge in [-0.25, -0.2) is 9.37 Å². The van der Waals surface area contributed by atoms with Gasteiger partial charge in [-0.2, -0.15) is 0 Å². The Labute approximate surface area is 86.7 Å². The molecular weight excluding hydrogens is 199 g/mol. The lowest BCUT2D eigenvalue weighted by Crippen LogP contribution is -2.23. The van der Waals surface area contributed by atoms with Crippen molar-refractivity contribution in [2.75, 3.05) is 0 Å². The Morgan fingerprint density at radius 1 is 1.73 bits per heavy atom. The number of aliphatic carboxylic acids is 1. The summed E-state index contributed by atoms with van der Waals surface area (Å²) >= 11 is 0. The zero-order valence-corrected chi connectivity index (χ0v) is 8.53. The van der Waals surface area contributed by atoms with Crippen LogP contribution in [0.1, 0.15) is 23.6 Å². The summed E-state index contributed by atoms with van der Waals surface area (Å²) in [6, 6.07) is 0. The molecule has 1 aliphatic heterocycles. The van der Waals surface area contributed by atoms with Crippen LogP contribution in [0, 0.1) is 6.92 Å². The minimum Gasteiger partial charge on any atom is -0.481 e. The summed E-state index contributed by atoms with van der Waals surface area (Å²) in [5, 5.41) is 8.74. The molecule has 0 aliphatic carbocycles. The number of hydrogen-bond acceptors (Lipinski definition) is 2. The first-order chi connectivity index (χ1) is 7.08. The van der Waals surface area contributed by atoms with Crippen molar-refractivity contribution in [3.8, 4) is 0 Å². The summed E-state index contributed by atoms with van der Waals surface area (Å²) in [7, 11) is 0. The van der Waals surface area contributed by atoms with Crippen molar-refractivity contribution in [1.29, 1.82) is 0 Å². The molecule has 1 aromatic rings. The van der Waals surface area contributed by atoms with Crippen molar-refractivity contribution in [3.63, 3.8) is 0 Å². The van der Waals surface area contributed by atoms with Crippen LogP contribution in [0.3, 0.4) is 0 Å². The molecule has 0 radical (unpaired) electrons. The van der Waals surface area contributed by atoms with E-state index in [-0.39, 0.29) is 13.0 Å². The van der Waals surface area contributed by atoms with Gasteiger partial charge >= 0.3 is 5.97 Å². The molecule has 1 atom stereocenters. The van der Waals surface area contributed by atoms with Gasteiger partial charge in [-0.15, -0.1) is 0 Å². The zero-order chi connectivity index (χ0) is 11.0. The van der Waals surface area contributed by atoms with Crippen molar-refractivity contribution >= 4 is 5.97 Å². The monoisotopic (exact) mass is 212 g/mol. The molecule has 1 aromatic heterocycles. The molecule has 4 nitrogen and oxygen atoms in total. The molecule has 2 heterocycles. The van der Waals surface area contributed by atoms with Gasteiger partial charge < -0.3 is 9.67 Å². The van der Waals surface area contributed by atoms with E-state index in [4.69, 9.17) is 5.11 Å². The molecule has 0 fully saturated rings. The van der Waals surface area contributed by atoms with Crippen LogP contribution in [-0.4, -0.2) is 26.8 Å². The van der Waals surface area contributed by atoms with Gasteiger partial charge in [0.15, 0.2) is 0 Å². The number of fused-ring (bicyclic) bond motifs is 1. The van der Waals surface area contributed by atoms with E-state index < -0.39 is 12.1 Å². The van der Waals surface area contributed by atoms with Gasteiger partial charge in [-0.05, 0) is 13.3 Å². The molecule has 82 valence electrons. The topological polar surface area (TPSA) is 55.1 Å². The van der Waals surface area contributed by atoms with Crippen molar-refractivity contribution < 1.29 is 14.3 Å². The molecule has 0 aromatic carbocycles. The summed E-state index contributed by atoms with van der Waals surface area (Å²) in [4.78, 5) is 14.9. The van der Waals surface area contributed by atoms with E-state index in [2.05, 4.69) is 4.98 Å². The van der Waals surface area contributed by atoms with E-state index in [0.29, 0.717) is 24.2 Å². The quantitative estimate of drug-likeness (QED) is 0.798. The van der Waals surface area contributed by atoms with E-state index in [1.807, 2.05) is 0 Å². The second-order valence-corrected chi connectivity index (χ2v) is 3.88. The third-order valence-corrected chi connectivity index (χ3v) is 2.73. The van der Waals surface area contributed by atoms with Crippen LogP contribution < -0.4 is 0 Å². The number of nitrogens with zero attached hydrogens (tertiary/aromatic N) is 2. The molecule has 0 spiro atoms. The maximum absolute atomic E-state index is 13.2. The number of aryl methyl sites for hydroxylation is 2. The van der Waals surface area contributed by atoms with E-state index in [1.165, 1.54) is 0 Å². The molecule has 5 heteroatoms. The van der Waals surface area contributed by atoms with Crippen LogP contribution in [0.4, 0.5) is 4.39 Å².